The number of hydrogen-bond acceptors (Lipinski definition) is 2. The fourth-order valence-corrected chi connectivity index (χ4v) is 0.851. The highest BCUT2D eigenvalue weighted by molar-refractivity contribution is 5.62. The molecule has 0 unspecified atom stereocenters. The van der Waals surface area contributed by atoms with Crippen molar-refractivity contribution >= 4 is 5.97 Å². The fraction of sp³-hybridized carbons (Fsp3) is 0.417. The number of hydrogen-bond donors (Lipinski definition) is 1. The van der Waals surface area contributed by atoms with E-state index in [-0.39, 0.29) is 0 Å². The van der Waals surface area contributed by atoms with Gasteiger partial charge in [0.1, 0.15) is 5.75 Å². The summed E-state index contributed by atoms with van der Waals surface area (Å²) in [6, 6.07) is 9.93. The molecular weight excluding hydrogens is 192 g/mol. The largest absolute Gasteiger partial charge is 0.494 e. The van der Waals surface area contributed by atoms with E-state index in [2.05, 4.69) is 6.92 Å². The Kier molecular flexibility index (Phi) is 8.15. The third-order valence-electron chi connectivity index (χ3n) is 1.51. The van der Waals surface area contributed by atoms with Gasteiger partial charge in [0, 0.05) is 6.92 Å². The molecule has 0 aromatic heterocycles. The van der Waals surface area contributed by atoms with Crippen molar-refractivity contribution in [1.82, 2.24) is 0 Å². The minimum absolute atomic E-state index is 0.833. The Hall–Kier alpha value is -1.51. The van der Waals surface area contributed by atoms with Crippen LogP contribution in [0.1, 0.15) is 26.7 Å². The van der Waals surface area contributed by atoms with Crippen LogP contribution in [0.5, 0.6) is 5.75 Å². The molecule has 0 fully saturated rings. The minimum atomic E-state index is -0.833. The van der Waals surface area contributed by atoms with Crippen LogP contribution >= 0.6 is 0 Å². The molecule has 1 aromatic rings. The summed E-state index contributed by atoms with van der Waals surface area (Å²) in [6.07, 6.45) is 2.32. The molecule has 0 aliphatic rings. The van der Waals surface area contributed by atoms with Gasteiger partial charge in [-0.2, -0.15) is 0 Å². The molecule has 0 heterocycles. The molecule has 3 heteroatoms. The molecular formula is C12H18O3. The summed E-state index contributed by atoms with van der Waals surface area (Å²) in [6.45, 7) is 4.08. The van der Waals surface area contributed by atoms with Crippen LogP contribution in [0.25, 0.3) is 0 Å². The number of aliphatic carboxylic acids is 1. The molecule has 3 nitrogen and oxygen atoms in total. The van der Waals surface area contributed by atoms with Crippen molar-refractivity contribution in [3.8, 4) is 5.75 Å². The standard InChI is InChI=1S/C10H14O.C2H4O2/c1-2-3-9-11-10-7-5-4-6-8-10;1-2(3)4/h4-8H,2-3,9H2,1H3;1H3,(H,3,4). The Morgan fingerprint density at radius 1 is 1.33 bits per heavy atom. The van der Waals surface area contributed by atoms with Crippen molar-refractivity contribution < 1.29 is 14.6 Å². The predicted octanol–water partition coefficient (Wildman–Crippen LogP) is 2.96. The zero-order valence-electron chi connectivity index (χ0n) is 9.27. The van der Waals surface area contributed by atoms with Gasteiger partial charge in [-0.1, -0.05) is 31.5 Å². The summed E-state index contributed by atoms with van der Waals surface area (Å²) in [5, 5.41) is 7.42. The van der Waals surface area contributed by atoms with E-state index in [1.54, 1.807) is 0 Å². The van der Waals surface area contributed by atoms with E-state index in [4.69, 9.17) is 14.6 Å². The molecule has 0 aliphatic heterocycles. The first-order valence-electron chi connectivity index (χ1n) is 5.04. The lowest BCUT2D eigenvalue weighted by atomic mass is 10.3. The monoisotopic (exact) mass is 210 g/mol. The van der Waals surface area contributed by atoms with Gasteiger partial charge < -0.3 is 9.84 Å². The normalized spacial score (nSPS) is 8.67. The molecule has 15 heavy (non-hydrogen) atoms. The molecule has 0 atom stereocenters. The van der Waals surface area contributed by atoms with Crippen LogP contribution < -0.4 is 4.74 Å². The Bertz CT molecular complexity index is 253. The summed E-state index contributed by atoms with van der Waals surface area (Å²) < 4.78 is 5.45. The van der Waals surface area contributed by atoms with Crippen LogP contribution in [-0.2, 0) is 4.79 Å². The fourth-order valence-electron chi connectivity index (χ4n) is 0.851. The van der Waals surface area contributed by atoms with Gasteiger partial charge in [-0.25, -0.2) is 0 Å². The van der Waals surface area contributed by atoms with Crippen molar-refractivity contribution in [2.24, 2.45) is 0 Å². The van der Waals surface area contributed by atoms with Gasteiger partial charge in [0.2, 0.25) is 0 Å². The Morgan fingerprint density at radius 2 is 1.87 bits per heavy atom. The first kappa shape index (κ1) is 13.5. The van der Waals surface area contributed by atoms with Crippen LogP contribution in [-0.4, -0.2) is 17.7 Å². The van der Waals surface area contributed by atoms with E-state index >= 15 is 0 Å². The molecule has 0 saturated carbocycles. The second-order valence-corrected chi connectivity index (χ2v) is 3.03. The van der Waals surface area contributed by atoms with Crippen LogP contribution in [0, 0.1) is 0 Å². The van der Waals surface area contributed by atoms with Gasteiger partial charge >= 0.3 is 0 Å². The maximum absolute atomic E-state index is 9.00. The van der Waals surface area contributed by atoms with E-state index in [1.807, 2.05) is 30.3 Å². The molecule has 1 N–H and O–H groups in total. The van der Waals surface area contributed by atoms with Crippen LogP contribution in [0.4, 0.5) is 0 Å². The summed E-state index contributed by atoms with van der Waals surface area (Å²) in [4.78, 5) is 9.00. The van der Waals surface area contributed by atoms with E-state index in [0.717, 1.165) is 25.7 Å². The van der Waals surface area contributed by atoms with Crippen molar-refractivity contribution in [1.29, 1.82) is 0 Å². The third-order valence-corrected chi connectivity index (χ3v) is 1.51. The number of carbonyl (C=O) groups is 1. The number of unbranched alkanes of at least 4 members (excludes halogenated alkanes) is 1. The number of rotatable bonds is 4. The zero-order chi connectivity index (χ0) is 11.5. The van der Waals surface area contributed by atoms with E-state index in [0.29, 0.717) is 0 Å². The summed E-state index contributed by atoms with van der Waals surface area (Å²) in [5.41, 5.74) is 0. The molecule has 0 aliphatic carbocycles. The highest BCUT2D eigenvalue weighted by Crippen LogP contribution is 2.08. The topological polar surface area (TPSA) is 46.5 Å². The highest BCUT2D eigenvalue weighted by atomic mass is 16.5. The Morgan fingerprint density at radius 3 is 2.33 bits per heavy atom. The predicted molar refractivity (Wildman–Crippen MR) is 60.2 cm³/mol. The van der Waals surface area contributed by atoms with Crippen molar-refractivity contribution in [3.05, 3.63) is 30.3 Å². The third kappa shape index (κ3) is 10.4. The van der Waals surface area contributed by atoms with Gasteiger partial charge in [-0.05, 0) is 18.6 Å². The van der Waals surface area contributed by atoms with Crippen molar-refractivity contribution in [2.45, 2.75) is 26.7 Å². The lowest BCUT2D eigenvalue weighted by Crippen LogP contribution is -1.95. The molecule has 0 radical (unpaired) electrons. The number of carboxylic acids is 1. The van der Waals surface area contributed by atoms with Crippen LogP contribution in [0.2, 0.25) is 0 Å². The highest BCUT2D eigenvalue weighted by Gasteiger charge is 1.88. The average Bonchev–Trinajstić information content (AvgIpc) is 2.19. The molecule has 84 valence electrons. The van der Waals surface area contributed by atoms with Gasteiger partial charge in [0.15, 0.2) is 0 Å². The van der Waals surface area contributed by atoms with Crippen molar-refractivity contribution in [2.75, 3.05) is 6.61 Å². The molecule has 0 bridgehead atoms. The smallest absolute Gasteiger partial charge is 0.300 e. The van der Waals surface area contributed by atoms with E-state index < -0.39 is 5.97 Å². The number of carboxylic acid groups (broad SMARTS) is 1. The maximum Gasteiger partial charge on any atom is 0.300 e. The molecule has 0 amide bonds. The lowest BCUT2D eigenvalue weighted by Gasteiger charge is -2.03. The first-order valence-corrected chi connectivity index (χ1v) is 5.04. The van der Waals surface area contributed by atoms with Gasteiger partial charge in [0.05, 0.1) is 6.61 Å². The molecule has 0 saturated heterocycles. The number of para-hydroxylation sites is 1. The van der Waals surface area contributed by atoms with Gasteiger partial charge in [-0.15, -0.1) is 0 Å². The Balaban J connectivity index is 0.000000423. The van der Waals surface area contributed by atoms with E-state index in [9.17, 15) is 0 Å². The van der Waals surface area contributed by atoms with Crippen molar-refractivity contribution in [3.63, 3.8) is 0 Å². The van der Waals surface area contributed by atoms with Gasteiger partial charge in [0.25, 0.3) is 5.97 Å². The number of benzene rings is 1. The SMILES string of the molecule is CC(=O)O.CCCCOc1ccccc1. The molecule has 1 aromatic carbocycles. The first-order chi connectivity index (χ1) is 7.16. The summed E-state index contributed by atoms with van der Waals surface area (Å²) in [5.74, 6) is 0.140. The molecule has 1 rings (SSSR count). The van der Waals surface area contributed by atoms with Crippen LogP contribution in [0.15, 0.2) is 30.3 Å². The quantitative estimate of drug-likeness (QED) is 0.777. The number of ether oxygens (including phenoxy) is 1. The average molecular weight is 210 g/mol. The second kappa shape index (κ2) is 9.06. The summed E-state index contributed by atoms with van der Waals surface area (Å²) >= 11 is 0. The minimum Gasteiger partial charge on any atom is -0.494 e. The summed E-state index contributed by atoms with van der Waals surface area (Å²) in [7, 11) is 0. The zero-order valence-corrected chi connectivity index (χ0v) is 9.27. The maximum atomic E-state index is 9.00. The van der Waals surface area contributed by atoms with Crippen LogP contribution in [0.3, 0.4) is 0 Å². The second-order valence-electron chi connectivity index (χ2n) is 3.03. The van der Waals surface area contributed by atoms with Gasteiger partial charge in [-0.3, -0.25) is 4.79 Å². The lowest BCUT2D eigenvalue weighted by molar-refractivity contribution is -0.134. The van der Waals surface area contributed by atoms with E-state index in [1.165, 1.54) is 6.42 Å². The Labute approximate surface area is 90.7 Å². The molecule has 0 spiro atoms.